The van der Waals surface area contributed by atoms with Gasteiger partial charge in [-0.25, -0.2) is 0 Å². The van der Waals surface area contributed by atoms with Crippen molar-refractivity contribution in [2.75, 3.05) is 13.6 Å². The van der Waals surface area contributed by atoms with Gasteiger partial charge in [0.25, 0.3) is 0 Å². The van der Waals surface area contributed by atoms with Crippen LogP contribution in [0.5, 0.6) is 0 Å². The lowest BCUT2D eigenvalue weighted by atomic mass is 10.1. The molecule has 0 spiro atoms. The standard InChI is InChI=1S/C16H21N3/c1-19(13-16-3-2-10-18-11-16)12-15-6-4-14(5-7-15)8-9-17/h2-7,10-11H,8-9,12-13,17H2,1H3. The van der Waals surface area contributed by atoms with Crippen LogP contribution < -0.4 is 5.73 Å². The lowest BCUT2D eigenvalue weighted by Gasteiger charge is -2.16. The summed E-state index contributed by atoms with van der Waals surface area (Å²) in [5, 5.41) is 0. The SMILES string of the molecule is CN(Cc1ccc(CCN)cc1)Cc1cccnc1. The molecule has 0 aliphatic heterocycles. The molecule has 1 aromatic heterocycles. The van der Waals surface area contributed by atoms with E-state index in [0.29, 0.717) is 6.54 Å². The average Bonchev–Trinajstić information content (AvgIpc) is 2.42. The molecule has 19 heavy (non-hydrogen) atoms. The van der Waals surface area contributed by atoms with E-state index in [9.17, 15) is 0 Å². The molecule has 0 radical (unpaired) electrons. The van der Waals surface area contributed by atoms with Gasteiger partial charge in [0.05, 0.1) is 0 Å². The van der Waals surface area contributed by atoms with Crippen molar-refractivity contribution in [3.05, 3.63) is 65.5 Å². The summed E-state index contributed by atoms with van der Waals surface area (Å²) in [5.41, 5.74) is 9.42. The van der Waals surface area contributed by atoms with Gasteiger partial charge in [-0.3, -0.25) is 9.88 Å². The molecule has 0 aliphatic rings. The van der Waals surface area contributed by atoms with E-state index in [1.807, 2.05) is 12.3 Å². The molecule has 0 atom stereocenters. The van der Waals surface area contributed by atoms with E-state index in [1.165, 1.54) is 16.7 Å². The number of benzene rings is 1. The first-order chi connectivity index (χ1) is 9.28. The van der Waals surface area contributed by atoms with Crippen molar-refractivity contribution in [2.24, 2.45) is 5.73 Å². The van der Waals surface area contributed by atoms with E-state index >= 15 is 0 Å². The van der Waals surface area contributed by atoms with Crippen LogP contribution >= 0.6 is 0 Å². The number of rotatable bonds is 6. The molecule has 100 valence electrons. The van der Waals surface area contributed by atoms with Crippen LogP contribution in [0.2, 0.25) is 0 Å². The van der Waals surface area contributed by atoms with E-state index in [-0.39, 0.29) is 0 Å². The van der Waals surface area contributed by atoms with Crippen LogP contribution in [-0.2, 0) is 19.5 Å². The molecule has 3 nitrogen and oxygen atoms in total. The van der Waals surface area contributed by atoms with Crippen molar-refractivity contribution in [1.29, 1.82) is 0 Å². The molecule has 1 heterocycles. The highest BCUT2D eigenvalue weighted by atomic mass is 15.1. The Morgan fingerprint density at radius 1 is 1.00 bits per heavy atom. The third-order valence-corrected chi connectivity index (χ3v) is 3.08. The Kier molecular flexibility index (Phi) is 5.07. The van der Waals surface area contributed by atoms with Crippen molar-refractivity contribution in [2.45, 2.75) is 19.5 Å². The number of aromatic nitrogens is 1. The fourth-order valence-corrected chi connectivity index (χ4v) is 2.15. The van der Waals surface area contributed by atoms with Crippen molar-refractivity contribution >= 4 is 0 Å². The molecule has 0 saturated heterocycles. The number of hydrogen-bond acceptors (Lipinski definition) is 3. The number of pyridine rings is 1. The van der Waals surface area contributed by atoms with Crippen LogP contribution in [0.4, 0.5) is 0 Å². The highest BCUT2D eigenvalue weighted by Crippen LogP contribution is 2.09. The summed E-state index contributed by atoms with van der Waals surface area (Å²) in [4.78, 5) is 6.42. The molecular weight excluding hydrogens is 234 g/mol. The van der Waals surface area contributed by atoms with Crippen LogP contribution in [0, 0.1) is 0 Å². The predicted molar refractivity (Wildman–Crippen MR) is 78.6 cm³/mol. The van der Waals surface area contributed by atoms with Crippen LogP contribution in [0.15, 0.2) is 48.8 Å². The second-order valence-electron chi connectivity index (χ2n) is 4.89. The molecule has 0 aliphatic carbocycles. The first kappa shape index (κ1) is 13.7. The minimum Gasteiger partial charge on any atom is -0.330 e. The Morgan fingerprint density at radius 2 is 1.68 bits per heavy atom. The minimum atomic E-state index is 0.709. The highest BCUT2D eigenvalue weighted by Gasteiger charge is 2.02. The molecule has 2 N–H and O–H groups in total. The first-order valence-corrected chi connectivity index (χ1v) is 6.63. The minimum absolute atomic E-state index is 0.709. The fourth-order valence-electron chi connectivity index (χ4n) is 2.15. The average molecular weight is 255 g/mol. The largest absolute Gasteiger partial charge is 0.330 e. The zero-order valence-corrected chi connectivity index (χ0v) is 11.4. The summed E-state index contributed by atoms with van der Waals surface area (Å²) < 4.78 is 0. The van der Waals surface area contributed by atoms with E-state index < -0.39 is 0 Å². The molecule has 2 rings (SSSR count). The second kappa shape index (κ2) is 7.02. The molecule has 0 amide bonds. The number of nitrogens with two attached hydrogens (primary N) is 1. The Balaban J connectivity index is 1.89. The third kappa shape index (κ3) is 4.47. The summed E-state index contributed by atoms with van der Waals surface area (Å²) in [7, 11) is 2.13. The molecule has 2 aromatic rings. The normalized spacial score (nSPS) is 10.9. The zero-order chi connectivity index (χ0) is 13.5. The summed E-state index contributed by atoms with van der Waals surface area (Å²) in [6.07, 6.45) is 4.67. The van der Waals surface area contributed by atoms with Crippen LogP contribution in [-0.4, -0.2) is 23.5 Å². The van der Waals surface area contributed by atoms with E-state index in [1.54, 1.807) is 6.20 Å². The Bertz CT molecular complexity index is 479. The third-order valence-electron chi connectivity index (χ3n) is 3.08. The molecule has 0 unspecified atom stereocenters. The molecule has 0 fully saturated rings. The highest BCUT2D eigenvalue weighted by molar-refractivity contribution is 5.22. The van der Waals surface area contributed by atoms with Gasteiger partial charge in [0.2, 0.25) is 0 Å². The van der Waals surface area contributed by atoms with Gasteiger partial charge in [-0.2, -0.15) is 0 Å². The number of hydrogen-bond donors (Lipinski definition) is 1. The summed E-state index contributed by atoms with van der Waals surface area (Å²) in [5.74, 6) is 0. The smallest absolute Gasteiger partial charge is 0.0312 e. The van der Waals surface area contributed by atoms with E-state index in [4.69, 9.17) is 5.73 Å². The summed E-state index contributed by atoms with van der Waals surface area (Å²) >= 11 is 0. The Hall–Kier alpha value is -1.71. The molecular formula is C16H21N3. The van der Waals surface area contributed by atoms with Gasteiger partial charge in [0.1, 0.15) is 0 Å². The molecule has 0 saturated carbocycles. The lowest BCUT2D eigenvalue weighted by molar-refractivity contribution is 0.318. The van der Waals surface area contributed by atoms with Gasteiger partial charge in [0.15, 0.2) is 0 Å². The first-order valence-electron chi connectivity index (χ1n) is 6.63. The van der Waals surface area contributed by atoms with Gasteiger partial charge in [-0.15, -0.1) is 0 Å². The maximum atomic E-state index is 5.55. The van der Waals surface area contributed by atoms with Gasteiger partial charge in [-0.05, 0) is 42.8 Å². The van der Waals surface area contributed by atoms with Crippen molar-refractivity contribution in [1.82, 2.24) is 9.88 Å². The maximum Gasteiger partial charge on any atom is 0.0312 e. The van der Waals surface area contributed by atoms with E-state index in [0.717, 1.165) is 19.5 Å². The van der Waals surface area contributed by atoms with Crippen LogP contribution in [0.25, 0.3) is 0 Å². The van der Waals surface area contributed by atoms with Gasteiger partial charge >= 0.3 is 0 Å². The monoisotopic (exact) mass is 255 g/mol. The van der Waals surface area contributed by atoms with Gasteiger partial charge in [0, 0.05) is 25.5 Å². The summed E-state index contributed by atoms with van der Waals surface area (Å²) in [6.45, 7) is 2.57. The van der Waals surface area contributed by atoms with Crippen LogP contribution in [0.3, 0.4) is 0 Å². The quantitative estimate of drug-likeness (QED) is 0.860. The van der Waals surface area contributed by atoms with Gasteiger partial charge in [-0.1, -0.05) is 30.3 Å². The topological polar surface area (TPSA) is 42.1 Å². The summed E-state index contributed by atoms with van der Waals surface area (Å²) in [6, 6.07) is 12.8. The Labute approximate surface area is 115 Å². The molecule has 3 heteroatoms. The molecule has 1 aromatic carbocycles. The number of nitrogens with zero attached hydrogens (tertiary/aromatic N) is 2. The maximum absolute atomic E-state index is 5.55. The van der Waals surface area contributed by atoms with Gasteiger partial charge < -0.3 is 5.73 Å². The zero-order valence-electron chi connectivity index (χ0n) is 11.4. The van der Waals surface area contributed by atoms with Crippen molar-refractivity contribution in [3.63, 3.8) is 0 Å². The van der Waals surface area contributed by atoms with Crippen LogP contribution in [0.1, 0.15) is 16.7 Å². The Morgan fingerprint density at radius 3 is 2.32 bits per heavy atom. The lowest BCUT2D eigenvalue weighted by Crippen LogP contribution is -2.17. The fraction of sp³-hybridized carbons (Fsp3) is 0.312. The second-order valence-corrected chi connectivity index (χ2v) is 4.89. The molecule has 0 bridgehead atoms. The van der Waals surface area contributed by atoms with E-state index in [2.05, 4.69) is 47.3 Å². The van der Waals surface area contributed by atoms with Crippen molar-refractivity contribution in [3.8, 4) is 0 Å². The van der Waals surface area contributed by atoms with Crippen molar-refractivity contribution < 1.29 is 0 Å². The predicted octanol–water partition coefficient (Wildman–Crippen LogP) is 2.21.